The topological polar surface area (TPSA) is 55.4 Å². The molecule has 0 saturated carbocycles. The molecule has 1 atom stereocenters. The Morgan fingerprint density at radius 3 is 2.42 bits per heavy atom. The van der Waals surface area contributed by atoms with E-state index in [0.29, 0.717) is 0 Å². The third kappa shape index (κ3) is 5.91. The molecular formula is C19H18F3NO3. The lowest BCUT2D eigenvalue weighted by atomic mass is 9.98. The number of ether oxygens (including phenoxy) is 1. The Kier molecular flexibility index (Phi) is 6.38. The summed E-state index contributed by atoms with van der Waals surface area (Å²) in [6.07, 6.45) is -4.40. The van der Waals surface area contributed by atoms with E-state index in [1.807, 2.05) is 37.3 Å². The van der Waals surface area contributed by atoms with Gasteiger partial charge in [-0.25, -0.2) is 0 Å². The number of alkyl halides is 3. The smallest absolute Gasteiger partial charge is 0.416 e. The highest BCUT2D eigenvalue weighted by Crippen LogP contribution is 2.30. The van der Waals surface area contributed by atoms with Crippen LogP contribution >= 0.6 is 0 Å². The molecule has 0 saturated heterocycles. The second-order valence-electron chi connectivity index (χ2n) is 5.80. The van der Waals surface area contributed by atoms with Crippen molar-refractivity contribution in [3.8, 4) is 0 Å². The van der Waals surface area contributed by atoms with Crippen molar-refractivity contribution in [2.45, 2.75) is 25.4 Å². The molecular weight excluding hydrogens is 347 g/mol. The van der Waals surface area contributed by atoms with Crippen molar-refractivity contribution >= 4 is 17.6 Å². The van der Waals surface area contributed by atoms with Crippen molar-refractivity contribution < 1.29 is 27.5 Å². The zero-order valence-corrected chi connectivity index (χ0v) is 14.0. The number of rotatable bonds is 6. The van der Waals surface area contributed by atoms with Crippen LogP contribution in [0.3, 0.4) is 0 Å². The first-order valence-corrected chi connectivity index (χ1v) is 7.93. The fourth-order valence-electron chi connectivity index (χ4n) is 2.32. The van der Waals surface area contributed by atoms with Gasteiger partial charge >= 0.3 is 12.1 Å². The normalized spacial score (nSPS) is 12.3. The molecule has 2 aromatic rings. The largest absolute Gasteiger partial charge is 0.456 e. The molecule has 0 bridgehead atoms. The van der Waals surface area contributed by atoms with Crippen LogP contribution in [0, 0.1) is 0 Å². The van der Waals surface area contributed by atoms with Crippen LogP contribution in [0.25, 0.3) is 0 Å². The number of carbonyl (C=O) groups is 2. The van der Waals surface area contributed by atoms with E-state index in [-0.39, 0.29) is 18.0 Å². The van der Waals surface area contributed by atoms with E-state index in [9.17, 15) is 22.8 Å². The summed E-state index contributed by atoms with van der Waals surface area (Å²) in [5, 5.41) is 2.28. The van der Waals surface area contributed by atoms with Crippen molar-refractivity contribution in [1.82, 2.24) is 0 Å². The van der Waals surface area contributed by atoms with Gasteiger partial charge in [0.05, 0.1) is 12.0 Å². The number of amides is 1. The van der Waals surface area contributed by atoms with Gasteiger partial charge in [0.2, 0.25) is 0 Å². The molecule has 0 radical (unpaired) electrons. The van der Waals surface area contributed by atoms with Crippen molar-refractivity contribution in [3.63, 3.8) is 0 Å². The van der Waals surface area contributed by atoms with E-state index >= 15 is 0 Å². The molecule has 4 nitrogen and oxygen atoms in total. The monoisotopic (exact) mass is 365 g/mol. The highest BCUT2D eigenvalue weighted by atomic mass is 19.4. The molecule has 0 aromatic heterocycles. The number of esters is 1. The molecule has 0 unspecified atom stereocenters. The van der Waals surface area contributed by atoms with Crippen LogP contribution in [-0.4, -0.2) is 18.5 Å². The van der Waals surface area contributed by atoms with Gasteiger partial charge in [-0.2, -0.15) is 13.2 Å². The maximum absolute atomic E-state index is 12.6. The average molecular weight is 365 g/mol. The van der Waals surface area contributed by atoms with Gasteiger partial charge in [0.15, 0.2) is 6.61 Å². The minimum Gasteiger partial charge on any atom is -0.456 e. The first-order chi connectivity index (χ1) is 12.3. The summed E-state index contributed by atoms with van der Waals surface area (Å²) < 4.78 is 42.8. The minimum atomic E-state index is -4.50. The lowest BCUT2D eigenvalue weighted by Crippen LogP contribution is -2.21. The van der Waals surface area contributed by atoms with Gasteiger partial charge in [0.25, 0.3) is 5.91 Å². The van der Waals surface area contributed by atoms with E-state index < -0.39 is 30.2 Å². The summed E-state index contributed by atoms with van der Waals surface area (Å²) in [7, 11) is 0. The van der Waals surface area contributed by atoms with E-state index in [1.54, 1.807) is 0 Å². The van der Waals surface area contributed by atoms with Gasteiger partial charge in [0.1, 0.15) is 0 Å². The minimum absolute atomic E-state index is 0.0153. The lowest BCUT2D eigenvalue weighted by molar-refractivity contribution is -0.147. The summed E-state index contributed by atoms with van der Waals surface area (Å²) >= 11 is 0. The number of carbonyl (C=O) groups excluding carboxylic acids is 2. The van der Waals surface area contributed by atoms with E-state index in [4.69, 9.17) is 4.74 Å². The fourth-order valence-corrected chi connectivity index (χ4v) is 2.32. The Hall–Kier alpha value is -2.83. The van der Waals surface area contributed by atoms with Crippen LogP contribution in [0.15, 0.2) is 54.6 Å². The van der Waals surface area contributed by atoms with Gasteiger partial charge in [0, 0.05) is 5.69 Å². The van der Waals surface area contributed by atoms with Crippen LogP contribution in [0.1, 0.15) is 30.4 Å². The third-order valence-corrected chi connectivity index (χ3v) is 3.68. The summed E-state index contributed by atoms with van der Waals surface area (Å²) in [5.74, 6) is -1.33. The molecule has 0 aliphatic carbocycles. The van der Waals surface area contributed by atoms with Gasteiger partial charge < -0.3 is 10.1 Å². The van der Waals surface area contributed by atoms with Crippen molar-refractivity contribution in [1.29, 1.82) is 0 Å². The zero-order chi connectivity index (χ0) is 19.2. The lowest BCUT2D eigenvalue weighted by Gasteiger charge is -2.12. The predicted octanol–water partition coefficient (Wildman–Crippen LogP) is 4.38. The second-order valence-corrected chi connectivity index (χ2v) is 5.80. The number of anilines is 1. The zero-order valence-electron chi connectivity index (χ0n) is 14.0. The van der Waals surface area contributed by atoms with Gasteiger partial charge in [-0.3, -0.25) is 9.59 Å². The first kappa shape index (κ1) is 19.5. The maximum Gasteiger partial charge on any atom is 0.416 e. The van der Waals surface area contributed by atoms with Crippen molar-refractivity contribution in [3.05, 3.63) is 65.7 Å². The van der Waals surface area contributed by atoms with E-state index in [1.165, 1.54) is 12.1 Å². The Balaban J connectivity index is 1.82. The van der Waals surface area contributed by atoms with E-state index in [0.717, 1.165) is 17.7 Å². The summed E-state index contributed by atoms with van der Waals surface area (Å²) in [4.78, 5) is 23.6. The highest BCUT2D eigenvalue weighted by Gasteiger charge is 2.30. The molecule has 1 amide bonds. The number of benzene rings is 2. The Morgan fingerprint density at radius 1 is 1.08 bits per heavy atom. The number of nitrogens with one attached hydrogen (secondary N) is 1. The molecule has 0 fully saturated rings. The van der Waals surface area contributed by atoms with Crippen LogP contribution in [-0.2, 0) is 20.5 Å². The highest BCUT2D eigenvalue weighted by molar-refractivity contribution is 5.92. The van der Waals surface area contributed by atoms with E-state index in [2.05, 4.69) is 5.32 Å². The Bertz CT molecular complexity index is 760. The van der Waals surface area contributed by atoms with Gasteiger partial charge in [-0.15, -0.1) is 0 Å². The molecule has 2 aromatic carbocycles. The molecule has 138 valence electrons. The Labute approximate surface area is 149 Å². The quantitative estimate of drug-likeness (QED) is 0.773. The van der Waals surface area contributed by atoms with Crippen LogP contribution in [0.2, 0.25) is 0 Å². The van der Waals surface area contributed by atoms with Crippen LogP contribution < -0.4 is 5.32 Å². The molecule has 1 N–H and O–H groups in total. The second kappa shape index (κ2) is 8.51. The standard InChI is InChI=1S/C19H18F3NO3/c1-13(14-6-3-2-4-7-14)10-18(25)26-12-17(24)23-16-9-5-8-15(11-16)19(20,21)22/h2-9,11,13H,10,12H2,1H3,(H,23,24)/t13-/m0/s1. The number of hydrogen-bond acceptors (Lipinski definition) is 3. The molecule has 0 aliphatic rings. The van der Waals surface area contributed by atoms with Gasteiger partial charge in [-0.1, -0.05) is 43.3 Å². The number of hydrogen-bond donors (Lipinski definition) is 1. The summed E-state index contributed by atoms with van der Waals surface area (Å²) in [5.41, 5.74) is 0.0837. The predicted molar refractivity (Wildman–Crippen MR) is 90.5 cm³/mol. The molecule has 0 spiro atoms. The maximum atomic E-state index is 12.6. The average Bonchev–Trinajstić information content (AvgIpc) is 2.60. The van der Waals surface area contributed by atoms with Crippen molar-refractivity contribution in [2.24, 2.45) is 0 Å². The van der Waals surface area contributed by atoms with Gasteiger partial charge in [-0.05, 0) is 29.7 Å². The summed E-state index contributed by atoms with van der Waals surface area (Å²) in [6, 6.07) is 13.6. The fraction of sp³-hybridized carbons (Fsp3) is 0.263. The first-order valence-electron chi connectivity index (χ1n) is 7.93. The molecule has 0 aliphatic heterocycles. The molecule has 2 rings (SSSR count). The molecule has 7 heteroatoms. The summed E-state index contributed by atoms with van der Waals surface area (Å²) in [6.45, 7) is 1.30. The molecule has 26 heavy (non-hydrogen) atoms. The SMILES string of the molecule is C[C@@H](CC(=O)OCC(=O)Nc1cccc(C(F)(F)F)c1)c1ccccc1. The van der Waals surface area contributed by atoms with Crippen LogP contribution in [0.4, 0.5) is 18.9 Å². The Morgan fingerprint density at radius 2 is 1.77 bits per heavy atom. The molecule has 0 heterocycles. The third-order valence-electron chi connectivity index (χ3n) is 3.68. The van der Waals surface area contributed by atoms with Crippen molar-refractivity contribution in [2.75, 3.05) is 11.9 Å². The number of halogens is 3. The van der Waals surface area contributed by atoms with Crippen LogP contribution in [0.5, 0.6) is 0 Å².